The molecule has 3 rings (SSSR count). The molecule has 506 valence electrons. The average Bonchev–Trinajstić information content (AvgIpc) is 0.775. The van der Waals surface area contributed by atoms with Gasteiger partial charge in [0.05, 0.1) is 0 Å². The molecule has 3 heterocycles. The van der Waals surface area contributed by atoms with E-state index in [1.54, 1.807) is 0 Å². The maximum absolute atomic E-state index is 13.5. The molecule has 3 aliphatic heterocycles. The summed E-state index contributed by atoms with van der Waals surface area (Å²) in [5.74, 6) is -15.9. The van der Waals surface area contributed by atoms with Gasteiger partial charge in [-0.25, -0.2) is 0 Å². The normalized spacial score (nSPS) is 27.4. The summed E-state index contributed by atoms with van der Waals surface area (Å²) in [6.07, 6.45) is -36.5. The first kappa shape index (κ1) is 76.1. The molecule has 0 saturated carbocycles. The first-order valence-electron chi connectivity index (χ1n) is 27.4. The van der Waals surface area contributed by atoms with Crippen LogP contribution >= 0.6 is 0 Å². The fraction of sp³-hybridized carbons (Fsp3) is 0.722. The molecule has 19 atom stereocenters. The second-order valence-electron chi connectivity index (χ2n) is 20.0. The summed E-state index contributed by atoms with van der Waals surface area (Å²) in [4.78, 5) is 192. The highest BCUT2D eigenvalue weighted by molar-refractivity contribution is 5.74. The van der Waals surface area contributed by atoms with Crippen molar-refractivity contribution in [2.75, 3.05) is 33.0 Å². The Bertz CT molecular complexity index is 2610. The minimum absolute atomic E-state index is 0.766. The van der Waals surface area contributed by atoms with Crippen molar-refractivity contribution in [3.8, 4) is 0 Å². The van der Waals surface area contributed by atoms with E-state index in [1.807, 2.05) is 0 Å². The van der Waals surface area contributed by atoms with Gasteiger partial charge in [-0.05, 0) is 0 Å². The van der Waals surface area contributed by atoms with E-state index in [-0.39, 0.29) is 0 Å². The van der Waals surface area contributed by atoms with E-state index >= 15 is 0 Å². The molecule has 0 spiro atoms. The van der Waals surface area contributed by atoms with Gasteiger partial charge >= 0.3 is 83.6 Å². The number of ether oxygens (including phenoxy) is 20. The van der Waals surface area contributed by atoms with E-state index in [1.165, 1.54) is 0 Å². The van der Waals surface area contributed by atoms with Crippen molar-refractivity contribution in [1.29, 1.82) is 0 Å². The van der Waals surface area contributed by atoms with Crippen molar-refractivity contribution in [3.63, 3.8) is 0 Å². The Balaban J connectivity index is 2.54. The molecule has 3 saturated heterocycles. The molecule has 6 unspecified atom stereocenters. The van der Waals surface area contributed by atoms with Gasteiger partial charge in [-0.15, -0.1) is 0 Å². The predicted octanol–water partition coefficient (Wildman–Crippen LogP) is -1.98. The molecule has 3 fully saturated rings. The summed E-state index contributed by atoms with van der Waals surface area (Å²) < 4.78 is 115. The second kappa shape index (κ2) is 35.9. The SMILES string of the molecule is CC(=O)N[C@@H]1C(OC(C)=O)[C@H](O[C@@H]2OC(COC(C)=O)[C@H](OC(C)=O)C(OC(C)=O)[C@@H]2OC(C)=O)C(COC(C)=O)O[C@@H]1O[C@H]1C(OC(C)=O)[C@@H](O[C@H]([C@H](OC(C)=O)[C@H](COC(C)=O)OC(C)=O)[C@H](COC(C)=O)OC(C)=O)OC(COC(C)=O)[C@H]1OC(C)=O. The first-order valence-corrected chi connectivity index (χ1v) is 27.4. The smallest absolute Gasteiger partial charge is 0.303 e. The number of amides is 1. The van der Waals surface area contributed by atoms with Crippen LogP contribution in [0.3, 0.4) is 0 Å². The molecule has 0 aromatic carbocycles. The number of rotatable bonds is 29. The summed E-state index contributed by atoms with van der Waals surface area (Å²) in [5, 5.41) is 2.49. The lowest BCUT2D eigenvalue weighted by Gasteiger charge is -2.51. The van der Waals surface area contributed by atoms with Crippen molar-refractivity contribution < 1.29 is 167 Å². The van der Waals surface area contributed by atoms with Crippen LogP contribution < -0.4 is 5.32 Å². The van der Waals surface area contributed by atoms with E-state index in [4.69, 9.17) is 94.7 Å². The molecule has 0 bridgehead atoms. The Morgan fingerprint density at radius 2 is 0.633 bits per heavy atom. The van der Waals surface area contributed by atoms with Crippen LogP contribution in [0.15, 0.2) is 0 Å². The summed E-state index contributed by atoms with van der Waals surface area (Å²) in [7, 11) is 0. The maximum atomic E-state index is 13.5. The van der Waals surface area contributed by atoms with Crippen molar-refractivity contribution in [2.24, 2.45) is 0 Å². The van der Waals surface area contributed by atoms with Gasteiger partial charge in [-0.1, -0.05) is 0 Å². The summed E-state index contributed by atoms with van der Waals surface area (Å²) in [6.45, 7) is 9.30. The fourth-order valence-corrected chi connectivity index (χ4v) is 9.27. The summed E-state index contributed by atoms with van der Waals surface area (Å²) in [6, 6.07) is -1.98. The van der Waals surface area contributed by atoms with E-state index in [0.717, 1.165) is 104 Å². The van der Waals surface area contributed by atoms with Crippen LogP contribution in [-0.2, 0) is 167 Å². The van der Waals surface area contributed by atoms with Gasteiger partial charge in [0.25, 0.3) is 0 Å². The Morgan fingerprint density at radius 1 is 0.311 bits per heavy atom. The minimum atomic E-state index is -2.35. The van der Waals surface area contributed by atoms with Crippen LogP contribution in [0.4, 0.5) is 0 Å². The quantitative estimate of drug-likeness (QED) is 0.0626. The maximum Gasteiger partial charge on any atom is 0.303 e. The van der Waals surface area contributed by atoms with Gasteiger partial charge in [0.1, 0.15) is 75.7 Å². The number of hydrogen-bond donors (Lipinski definition) is 1. The zero-order valence-electron chi connectivity index (χ0n) is 51.8. The summed E-state index contributed by atoms with van der Waals surface area (Å²) in [5.41, 5.74) is 0. The zero-order chi connectivity index (χ0) is 68.0. The average molecular weight is 1300 g/mol. The van der Waals surface area contributed by atoms with E-state index < -0.39 is 239 Å². The molecule has 0 aromatic rings. The number of hydrogen-bond acceptors (Lipinski definition) is 35. The first-order chi connectivity index (χ1) is 42.0. The molecular weight excluding hydrogens is 1220 g/mol. The number of carbonyl (C=O) groups is 15. The molecule has 0 aliphatic carbocycles. The van der Waals surface area contributed by atoms with Crippen LogP contribution in [-0.4, -0.2) is 239 Å². The largest absolute Gasteiger partial charge is 0.463 e. The van der Waals surface area contributed by atoms with E-state index in [0.29, 0.717) is 0 Å². The van der Waals surface area contributed by atoms with Gasteiger partial charge < -0.3 is 100 Å². The topological polar surface area (TPSA) is 453 Å². The Kier molecular flexibility index (Phi) is 30.3. The molecule has 90 heavy (non-hydrogen) atoms. The molecular formula is C54H75NO35. The summed E-state index contributed by atoms with van der Waals surface area (Å²) >= 11 is 0. The number of esters is 14. The van der Waals surface area contributed by atoms with E-state index in [2.05, 4.69) is 5.32 Å². The molecule has 1 amide bonds. The molecule has 0 radical (unpaired) electrons. The van der Waals surface area contributed by atoms with Crippen LogP contribution in [0.1, 0.15) is 104 Å². The Hall–Kier alpha value is -8.19. The Morgan fingerprint density at radius 3 is 1.02 bits per heavy atom. The number of nitrogens with one attached hydrogen (secondary N) is 1. The van der Waals surface area contributed by atoms with Gasteiger partial charge in [-0.3, -0.25) is 71.9 Å². The highest BCUT2D eigenvalue weighted by atomic mass is 16.8. The van der Waals surface area contributed by atoms with Crippen molar-refractivity contribution in [3.05, 3.63) is 0 Å². The van der Waals surface area contributed by atoms with Gasteiger partial charge in [0, 0.05) is 104 Å². The standard InChI is InChI=1S/C54H75NO35/c1-21(56)55-41-47(81-32(12)67)44(89-53-50(83-34(14)69)48(82-33(13)68)45(79-30(10)65)39(86-53)19-74-25(5)60)38(18-73-24(4)59)85-52(41)90-49-46(80-31(11)66)40(20-75-26(6)61)87-54(51(49)84-35(15)70)88-43(37(77-28(8)63)17-72-23(3)58)42(78-29(9)64)36(76-27(7)62)16-71-22(2)57/h36-54H,16-20H2,1-15H3,(H,55,56)/t36-,37-,38?,39?,40?,41+,42+,43-,44+,45-,46+,47?,48?,49+,50-,51?,52+,53-,54+/m0/s1. The van der Waals surface area contributed by atoms with Crippen LogP contribution in [0.5, 0.6) is 0 Å². The Labute approximate surface area is 513 Å². The van der Waals surface area contributed by atoms with Gasteiger partial charge in [-0.2, -0.15) is 0 Å². The predicted molar refractivity (Wildman–Crippen MR) is 281 cm³/mol. The molecule has 3 aliphatic rings. The molecule has 36 heteroatoms. The van der Waals surface area contributed by atoms with Gasteiger partial charge in [0.2, 0.25) is 5.91 Å². The number of carbonyl (C=O) groups excluding carboxylic acids is 15. The lowest BCUT2D eigenvalue weighted by atomic mass is 9.93. The van der Waals surface area contributed by atoms with E-state index in [9.17, 15) is 71.9 Å². The van der Waals surface area contributed by atoms with Crippen molar-refractivity contribution >= 4 is 89.5 Å². The van der Waals surface area contributed by atoms with Crippen molar-refractivity contribution in [2.45, 2.75) is 220 Å². The van der Waals surface area contributed by atoms with Crippen LogP contribution in [0.25, 0.3) is 0 Å². The molecule has 0 aromatic heterocycles. The lowest BCUT2D eigenvalue weighted by Crippen LogP contribution is -2.71. The highest BCUT2D eigenvalue weighted by Crippen LogP contribution is 2.39. The third-order valence-corrected chi connectivity index (χ3v) is 12.1. The van der Waals surface area contributed by atoms with Crippen LogP contribution in [0, 0.1) is 0 Å². The molecule has 36 nitrogen and oxygen atoms in total. The second-order valence-corrected chi connectivity index (χ2v) is 20.0. The lowest BCUT2D eigenvalue weighted by molar-refractivity contribution is -0.373. The third kappa shape index (κ3) is 25.0. The van der Waals surface area contributed by atoms with Crippen molar-refractivity contribution in [1.82, 2.24) is 5.32 Å². The van der Waals surface area contributed by atoms with Crippen LogP contribution in [0.2, 0.25) is 0 Å². The zero-order valence-corrected chi connectivity index (χ0v) is 51.8. The minimum Gasteiger partial charge on any atom is -0.463 e. The molecule has 1 N–H and O–H groups in total. The highest BCUT2D eigenvalue weighted by Gasteiger charge is 2.60. The fourth-order valence-electron chi connectivity index (χ4n) is 9.27. The van der Waals surface area contributed by atoms with Gasteiger partial charge in [0.15, 0.2) is 73.8 Å². The third-order valence-electron chi connectivity index (χ3n) is 12.1. The monoisotopic (exact) mass is 1300 g/mol.